The molecular formula is C15H13F5N2. The number of rotatable bonds is 4. The van der Waals surface area contributed by atoms with Crippen molar-refractivity contribution in [3.05, 3.63) is 64.7 Å². The van der Waals surface area contributed by atoms with Crippen LogP contribution in [-0.2, 0) is 11.8 Å². The van der Waals surface area contributed by atoms with E-state index < -0.39 is 40.1 Å². The minimum absolute atomic E-state index is 0.0182. The van der Waals surface area contributed by atoms with E-state index in [-0.39, 0.29) is 13.0 Å². The zero-order chi connectivity index (χ0) is 16.5. The molecule has 7 heteroatoms. The minimum Gasteiger partial charge on any atom is -0.330 e. The second kappa shape index (κ2) is 6.00. The van der Waals surface area contributed by atoms with Crippen LogP contribution in [0.2, 0.25) is 0 Å². The molecule has 1 heterocycles. The molecule has 1 unspecified atom stereocenters. The maximum Gasteiger partial charge on any atom is 0.200 e. The van der Waals surface area contributed by atoms with E-state index in [0.29, 0.717) is 5.56 Å². The highest BCUT2D eigenvalue weighted by atomic mass is 19.2. The van der Waals surface area contributed by atoms with Crippen LogP contribution in [0.25, 0.3) is 0 Å². The van der Waals surface area contributed by atoms with Crippen LogP contribution in [0.4, 0.5) is 22.0 Å². The van der Waals surface area contributed by atoms with E-state index >= 15 is 0 Å². The van der Waals surface area contributed by atoms with Crippen molar-refractivity contribution in [3.8, 4) is 0 Å². The first-order valence-corrected chi connectivity index (χ1v) is 6.42. The molecule has 2 nitrogen and oxygen atoms in total. The Hall–Kier alpha value is -2.02. The molecule has 22 heavy (non-hydrogen) atoms. The van der Waals surface area contributed by atoms with Crippen LogP contribution in [0, 0.1) is 29.1 Å². The lowest BCUT2D eigenvalue weighted by atomic mass is 9.77. The van der Waals surface area contributed by atoms with Crippen LogP contribution >= 0.6 is 0 Å². The maximum atomic E-state index is 14.0. The summed E-state index contributed by atoms with van der Waals surface area (Å²) in [5, 5.41) is 0. The highest BCUT2D eigenvalue weighted by Crippen LogP contribution is 2.34. The number of hydrogen-bond donors (Lipinski definition) is 1. The van der Waals surface area contributed by atoms with Crippen LogP contribution in [-0.4, -0.2) is 11.5 Å². The monoisotopic (exact) mass is 316 g/mol. The zero-order valence-electron chi connectivity index (χ0n) is 11.6. The summed E-state index contributed by atoms with van der Waals surface area (Å²) in [4.78, 5) is 3.85. The number of halogens is 5. The first-order chi connectivity index (χ1) is 10.3. The molecule has 0 aliphatic rings. The van der Waals surface area contributed by atoms with Crippen LogP contribution in [0.1, 0.15) is 18.1 Å². The Balaban J connectivity index is 2.61. The molecular weight excluding hydrogens is 303 g/mol. The SMILES string of the molecule is CC(CN)(Cc1cccnc1)c1c(F)c(F)c(F)c(F)c1F. The van der Waals surface area contributed by atoms with Crippen LogP contribution in [0.3, 0.4) is 0 Å². The molecule has 0 radical (unpaired) electrons. The summed E-state index contributed by atoms with van der Waals surface area (Å²) in [6, 6.07) is 3.23. The second-order valence-electron chi connectivity index (χ2n) is 5.25. The van der Waals surface area contributed by atoms with E-state index in [9.17, 15) is 22.0 Å². The molecule has 1 aromatic carbocycles. The van der Waals surface area contributed by atoms with Crippen molar-refractivity contribution in [1.82, 2.24) is 4.98 Å². The van der Waals surface area contributed by atoms with E-state index in [2.05, 4.69) is 4.98 Å². The molecule has 2 aromatic rings. The Morgan fingerprint density at radius 3 is 2.00 bits per heavy atom. The topological polar surface area (TPSA) is 38.9 Å². The maximum absolute atomic E-state index is 14.0. The van der Waals surface area contributed by atoms with Gasteiger partial charge in [-0.3, -0.25) is 4.98 Å². The Labute approximate surface area is 123 Å². The summed E-state index contributed by atoms with van der Waals surface area (Å²) in [5.74, 6) is -9.83. The molecule has 1 atom stereocenters. The third-order valence-electron chi connectivity index (χ3n) is 3.58. The van der Waals surface area contributed by atoms with Crippen molar-refractivity contribution in [2.45, 2.75) is 18.8 Å². The molecule has 0 saturated heterocycles. The van der Waals surface area contributed by atoms with Gasteiger partial charge in [0.15, 0.2) is 23.3 Å². The lowest BCUT2D eigenvalue weighted by Gasteiger charge is -2.29. The van der Waals surface area contributed by atoms with E-state index in [1.54, 1.807) is 12.1 Å². The van der Waals surface area contributed by atoms with Gasteiger partial charge in [-0.25, -0.2) is 22.0 Å². The zero-order valence-corrected chi connectivity index (χ0v) is 11.6. The summed E-state index contributed by atoms with van der Waals surface area (Å²) in [6.45, 7) is 1.04. The van der Waals surface area contributed by atoms with Crippen LogP contribution < -0.4 is 5.73 Å². The number of aromatic nitrogens is 1. The van der Waals surface area contributed by atoms with Gasteiger partial charge in [-0.05, 0) is 18.1 Å². The largest absolute Gasteiger partial charge is 0.330 e. The minimum atomic E-state index is -2.18. The average Bonchev–Trinajstić information content (AvgIpc) is 2.52. The van der Waals surface area contributed by atoms with Crippen molar-refractivity contribution in [2.24, 2.45) is 5.73 Å². The molecule has 0 bridgehead atoms. The molecule has 0 fully saturated rings. The van der Waals surface area contributed by atoms with Gasteiger partial charge in [0.25, 0.3) is 0 Å². The molecule has 118 valence electrons. The van der Waals surface area contributed by atoms with Crippen LogP contribution in [0.15, 0.2) is 24.5 Å². The quantitative estimate of drug-likeness (QED) is 0.534. The third-order valence-corrected chi connectivity index (χ3v) is 3.58. The summed E-state index contributed by atoms with van der Waals surface area (Å²) in [7, 11) is 0. The molecule has 0 spiro atoms. The summed E-state index contributed by atoms with van der Waals surface area (Å²) in [6.07, 6.45) is 2.93. The van der Waals surface area contributed by atoms with Crippen molar-refractivity contribution in [1.29, 1.82) is 0 Å². The standard InChI is InChI=1S/C15H13F5N2/c1-15(7-21,5-8-3-2-4-22-6-8)9-10(16)12(18)14(20)13(19)11(9)17/h2-4,6H,5,7,21H2,1H3. The van der Waals surface area contributed by atoms with Gasteiger partial charge in [-0.2, -0.15) is 0 Å². The van der Waals surface area contributed by atoms with Gasteiger partial charge < -0.3 is 5.73 Å². The molecule has 2 rings (SSSR count). The fourth-order valence-corrected chi connectivity index (χ4v) is 2.35. The molecule has 1 aromatic heterocycles. The smallest absolute Gasteiger partial charge is 0.200 e. The first-order valence-electron chi connectivity index (χ1n) is 6.42. The van der Waals surface area contributed by atoms with Gasteiger partial charge in [0.2, 0.25) is 5.82 Å². The molecule has 0 saturated carbocycles. The van der Waals surface area contributed by atoms with Gasteiger partial charge >= 0.3 is 0 Å². The molecule has 2 N–H and O–H groups in total. The summed E-state index contributed by atoms with van der Waals surface area (Å²) in [5.41, 5.74) is 3.77. The van der Waals surface area contributed by atoms with Crippen molar-refractivity contribution in [2.75, 3.05) is 6.54 Å². The van der Waals surface area contributed by atoms with E-state index in [1.165, 1.54) is 19.3 Å². The number of nitrogens with two attached hydrogens (primary N) is 1. The molecule has 0 aliphatic heterocycles. The number of pyridine rings is 1. The van der Waals surface area contributed by atoms with E-state index in [4.69, 9.17) is 5.73 Å². The van der Waals surface area contributed by atoms with Gasteiger partial charge in [-0.1, -0.05) is 13.0 Å². The van der Waals surface area contributed by atoms with E-state index in [1.807, 2.05) is 0 Å². The highest BCUT2D eigenvalue weighted by molar-refractivity contribution is 5.33. The van der Waals surface area contributed by atoms with Gasteiger partial charge in [-0.15, -0.1) is 0 Å². The van der Waals surface area contributed by atoms with E-state index in [0.717, 1.165) is 0 Å². The Bertz CT molecular complexity index is 661. The number of hydrogen-bond acceptors (Lipinski definition) is 2. The average molecular weight is 316 g/mol. The first kappa shape index (κ1) is 16.4. The van der Waals surface area contributed by atoms with Gasteiger partial charge in [0, 0.05) is 29.9 Å². The van der Waals surface area contributed by atoms with Crippen molar-refractivity contribution in [3.63, 3.8) is 0 Å². The van der Waals surface area contributed by atoms with Gasteiger partial charge in [0.05, 0.1) is 0 Å². The highest BCUT2D eigenvalue weighted by Gasteiger charge is 2.37. The number of nitrogens with zero attached hydrogens (tertiary/aromatic N) is 1. The Morgan fingerprint density at radius 2 is 1.55 bits per heavy atom. The van der Waals surface area contributed by atoms with Crippen LogP contribution in [0.5, 0.6) is 0 Å². The van der Waals surface area contributed by atoms with Crippen molar-refractivity contribution >= 4 is 0 Å². The summed E-state index contributed by atoms with van der Waals surface area (Å²) < 4.78 is 67.9. The Morgan fingerprint density at radius 1 is 1.00 bits per heavy atom. The predicted molar refractivity (Wildman–Crippen MR) is 70.6 cm³/mol. The summed E-state index contributed by atoms with van der Waals surface area (Å²) >= 11 is 0. The van der Waals surface area contributed by atoms with Crippen molar-refractivity contribution < 1.29 is 22.0 Å². The van der Waals surface area contributed by atoms with Gasteiger partial charge in [0.1, 0.15) is 0 Å². The predicted octanol–water partition coefficient (Wildman–Crippen LogP) is 3.24. The second-order valence-corrected chi connectivity index (χ2v) is 5.25. The third kappa shape index (κ3) is 2.68. The molecule has 0 aliphatic carbocycles. The Kier molecular flexibility index (Phi) is 4.46. The fraction of sp³-hybridized carbons (Fsp3) is 0.267. The lowest BCUT2D eigenvalue weighted by molar-refractivity contribution is 0.340. The lowest BCUT2D eigenvalue weighted by Crippen LogP contribution is -2.37. The normalized spacial score (nSPS) is 14.0. The fourth-order valence-electron chi connectivity index (χ4n) is 2.35. The number of benzene rings is 1. The molecule has 0 amide bonds.